The minimum Gasteiger partial charge on any atom is -0.494 e. The van der Waals surface area contributed by atoms with Crippen LogP contribution in [0.4, 0.5) is 10.8 Å². The Labute approximate surface area is 184 Å². The van der Waals surface area contributed by atoms with E-state index >= 15 is 0 Å². The average Bonchev–Trinajstić information content (AvgIpc) is 3.14. The van der Waals surface area contributed by atoms with Crippen molar-refractivity contribution >= 4 is 50.7 Å². The number of thiazole rings is 1. The lowest BCUT2D eigenvalue weighted by molar-refractivity contribution is -0.384. The van der Waals surface area contributed by atoms with Gasteiger partial charge in [0, 0.05) is 30.8 Å². The van der Waals surface area contributed by atoms with Crippen LogP contribution in [0.2, 0.25) is 0 Å². The lowest BCUT2D eigenvalue weighted by atomic mass is 10.2. The zero-order valence-corrected chi connectivity index (χ0v) is 18.7. The molecule has 8 nitrogen and oxygen atoms in total. The number of halogens is 1. The Kier molecular flexibility index (Phi) is 7.71. The zero-order valence-electron chi connectivity index (χ0n) is 17.1. The molecular weight excluding hydrogens is 428 g/mol. The molecule has 0 aliphatic heterocycles. The predicted molar refractivity (Wildman–Crippen MR) is 121 cm³/mol. The van der Waals surface area contributed by atoms with Gasteiger partial charge in [-0.2, -0.15) is 0 Å². The van der Waals surface area contributed by atoms with Gasteiger partial charge in [-0.15, -0.1) is 12.4 Å². The molecule has 0 unspecified atom stereocenters. The van der Waals surface area contributed by atoms with Crippen LogP contribution >= 0.6 is 23.7 Å². The van der Waals surface area contributed by atoms with Crippen molar-refractivity contribution in [2.24, 2.45) is 0 Å². The molecule has 3 aromatic rings. The van der Waals surface area contributed by atoms with Gasteiger partial charge in [0.2, 0.25) is 0 Å². The van der Waals surface area contributed by atoms with Gasteiger partial charge in [-0.3, -0.25) is 19.8 Å². The van der Waals surface area contributed by atoms with Crippen LogP contribution in [0.15, 0.2) is 36.4 Å². The Hall–Kier alpha value is -2.75. The Balaban J connectivity index is 0.00000320. The number of likely N-dealkylation sites (N-methyl/N-ethyl adjacent to an activating group) is 1. The maximum atomic E-state index is 13.3. The van der Waals surface area contributed by atoms with Gasteiger partial charge in [-0.05, 0) is 38.7 Å². The van der Waals surface area contributed by atoms with Gasteiger partial charge in [0.25, 0.3) is 11.6 Å². The number of carbonyl (C=O) groups excluding carboxylic acids is 1. The van der Waals surface area contributed by atoms with Crippen molar-refractivity contribution in [2.75, 3.05) is 39.2 Å². The molecule has 30 heavy (non-hydrogen) atoms. The van der Waals surface area contributed by atoms with Gasteiger partial charge in [0.15, 0.2) is 5.13 Å². The number of nitro benzene ring substituents is 1. The standard InChI is InChI=1S/C20H22N4O4S.ClH/c1-13-8-9-16(28-4)17-18(13)29-20(21-17)23(11-10-22(2)3)19(25)14-6-5-7-15(12-14)24(26)27;/h5-9,12H,10-11H2,1-4H3;1H. The minimum atomic E-state index is -0.507. The fourth-order valence-electron chi connectivity index (χ4n) is 2.87. The highest BCUT2D eigenvalue weighted by Crippen LogP contribution is 2.36. The molecule has 0 saturated carbocycles. The van der Waals surface area contributed by atoms with Gasteiger partial charge in [-0.1, -0.05) is 23.5 Å². The summed E-state index contributed by atoms with van der Waals surface area (Å²) in [4.78, 5) is 32.1. The molecule has 0 N–H and O–H groups in total. The largest absolute Gasteiger partial charge is 0.494 e. The molecule has 1 aromatic heterocycles. The number of aryl methyl sites for hydroxylation is 1. The van der Waals surface area contributed by atoms with Crippen LogP contribution in [0.5, 0.6) is 5.75 Å². The van der Waals surface area contributed by atoms with Crippen molar-refractivity contribution < 1.29 is 14.5 Å². The fourth-order valence-corrected chi connectivity index (χ4v) is 3.95. The number of carbonyl (C=O) groups is 1. The highest BCUT2D eigenvalue weighted by molar-refractivity contribution is 7.22. The quantitative estimate of drug-likeness (QED) is 0.397. The molecular formula is C20H23ClN4O4S. The number of methoxy groups -OCH3 is 1. The number of benzene rings is 2. The second-order valence-electron chi connectivity index (χ2n) is 6.83. The van der Waals surface area contributed by atoms with Crippen molar-refractivity contribution in [3.8, 4) is 5.75 Å². The van der Waals surface area contributed by atoms with Gasteiger partial charge in [0.05, 0.1) is 16.7 Å². The van der Waals surface area contributed by atoms with Crippen molar-refractivity contribution in [1.82, 2.24) is 9.88 Å². The number of rotatable bonds is 7. The van der Waals surface area contributed by atoms with E-state index < -0.39 is 4.92 Å². The van der Waals surface area contributed by atoms with Crippen LogP contribution in [-0.2, 0) is 0 Å². The van der Waals surface area contributed by atoms with Crippen LogP contribution in [0.1, 0.15) is 15.9 Å². The predicted octanol–water partition coefficient (Wildman–Crippen LogP) is 4.15. The topological polar surface area (TPSA) is 88.8 Å². The van der Waals surface area contributed by atoms with Crippen LogP contribution < -0.4 is 9.64 Å². The number of hydrogen-bond acceptors (Lipinski definition) is 7. The summed E-state index contributed by atoms with van der Waals surface area (Å²) in [6.45, 7) is 3.00. The second kappa shape index (κ2) is 9.84. The molecule has 2 aromatic carbocycles. The minimum absolute atomic E-state index is 0. The molecule has 160 valence electrons. The van der Waals surface area contributed by atoms with E-state index in [-0.39, 0.29) is 29.6 Å². The van der Waals surface area contributed by atoms with E-state index in [0.29, 0.717) is 29.5 Å². The maximum Gasteiger partial charge on any atom is 0.270 e. The summed E-state index contributed by atoms with van der Waals surface area (Å²) in [5, 5.41) is 11.6. The first-order chi connectivity index (χ1) is 13.8. The fraction of sp³-hybridized carbons (Fsp3) is 0.300. The van der Waals surface area contributed by atoms with Crippen LogP contribution in [0.25, 0.3) is 10.2 Å². The number of aromatic nitrogens is 1. The first-order valence-corrected chi connectivity index (χ1v) is 9.78. The smallest absolute Gasteiger partial charge is 0.270 e. The summed E-state index contributed by atoms with van der Waals surface area (Å²) >= 11 is 1.41. The summed E-state index contributed by atoms with van der Waals surface area (Å²) in [7, 11) is 5.42. The number of amides is 1. The molecule has 0 saturated heterocycles. The summed E-state index contributed by atoms with van der Waals surface area (Å²) in [5.74, 6) is 0.315. The second-order valence-corrected chi connectivity index (χ2v) is 7.80. The van der Waals surface area contributed by atoms with E-state index in [4.69, 9.17) is 4.74 Å². The number of nitro groups is 1. The lowest BCUT2D eigenvalue weighted by Crippen LogP contribution is -2.36. The number of non-ortho nitro benzene ring substituents is 1. The molecule has 0 atom stereocenters. The lowest BCUT2D eigenvalue weighted by Gasteiger charge is -2.22. The molecule has 10 heteroatoms. The highest BCUT2D eigenvalue weighted by Gasteiger charge is 2.24. The Morgan fingerprint density at radius 3 is 2.60 bits per heavy atom. The third kappa shape index (κ3) is 4.86. The maximum absolute atomic E-state index is 13.3. The normalized spacial score (nSPS) is 10.7. The molecule has 0 fully saturated rings. The molecule has 0 spiro atoms. The number of anilines is 1. The van der Waals surface area contributed by atoms with E-state index in [1.807, 2.05) is 38.1 Å². The average molecular weight is 451 g/mol. The third-order valence-electron chi connectivity index (χ3n) is 4.46. The molecule has 3 rings (SSSR count). The molecule has 0 aliphatic carbocycles. The van der Waals surface area contributed by atoms with Crippen LogP contribution in [-0.4, -0.2) is 55.0 Å². The summed E-state index contributed by atoms with van der Waals surface area (Å²) in [6.07, 6.45) is 0. The monoisotopic (exact) mass is 450 g/mol. The van der Waals surface area contributed by atoms with Gasteiger partial charge in [-0.25, -0.2) is 4.98 Å². The van der Waals surface area contributed by atoms with E-state index in [9.17, 15) is 14.9 Å². The first kappa shape index (κ1) is 23.5. The third-order valence-corrected chi connectivity index (χ3v) is 5.68. The van der Waals surface area contributed by atoms with Crippen molar-refractivity contribution in [1.29, 1.82) is 0 Å². The molecule has 0 radical (unpaired) electrons. The molecule has 1 heterocycles. The van der Waals surface area contributed by atoms with Crippen molar-refractivity contribution in [3.63, 3.8) is 0 Å². The molecule has 0 aliphatic rings. The van der Waals surface area contributed by atoms with Gasteiger partial charge >= 0.3 is 0 Å². The van der Waals surface area contributed by atoms with Crippen LogP contribution in [0, 0.1) is 17.0 Å². The number of fused-ring (bicyclic) bond motifs is 1. The zero-order chi connectivity index (χ0) is 21.1. The summed E-state index contributed by atoms with van der Waals surface area (Å²) in [5.41, 5.74) is 1.88. The number of nitrogens with zero attached hydrogens (tertiary/aromatic N) is 4. The summed E-state index contributed by atoms with van der Waals surface area (Å²) in [6, 6.07) is 9.57. The van der Waals surface area contributed by atoms with E-state index in [1.54, 1.807) is 18.1 Å². The molecule has 1 amide bonds. The van der Waals surface area contributed by atoms with E-state index in [1.165, 1.54) is 29.5 Å². The molecule has 0 bridgehead atoms. The SMILES string of the molecule is COc1ccc(C)c2sc(N(CCN(C)C)C(=O)c3cccc([N+](=O)[O-])c3)nc12.Cl. The highest BCUT2D eigenvalue weighted by atomic mass is 35.5. The van der Waals surface area contributed by atoms with Gasteiger partial charge in [0.1, 0.15) is 11.3 Å². The van der Waals surface area contributed by atoms with Crippen molar-refractivity contribution in [2.45, 2.75) is 6.92 Å². The Morgan fingerprint density at radius 2 is 1.97 bits per heavy atom. The van der Waals surface area contributed by atoms with E-state index in [2.05, 4.69) is 4.98 Å². The Morgan fingerprint density at radius 1 is 1.23 bits per heavy atom. The van der Waals surface area contributed by atoms with E-state index in [0.717, 1.165) is 10.3 Å². The first-order valence-electron chi connectivity index (χ1n) is 8.97. The number of hydrogen-bond donors (Lipinski definition) is 0. The number of ether oxygens (including phenoxy) is 1. The van der Waals surface area contributed by atoms with Crippen LogP contribution in [0.3, 0.4) is 0 Å². The summed E-state index contributed by atoms with van der Waals surface area (Å²) < 4.78 is 6.36. The Bertz CT molecular complexity index is 1070. The van der Waals surface area contributed by atoms with Crippen molar-refractivity contribution in [3.05, 3.63) is 57.6 Å². The van der Waals surface area contributed by atoms with Gasteiger partial charge < -0.3 is 9.64 Å².